The number of nitrogens with zero attached hydrogens (tertiary/aromatic N) is 2. The molecule has 94 valence electrons. The number of hydrogen-bond acceptors (Lipinski definition) is 2. The van der Waals surface area contributed by atoms with Gasteiger partial charge in [-0.1, -0.05) is 12.1 Å². The second-order valence-corrected chi connectivity index (χ2v) is 4.93. The minimum absolute atomic E-state index is 0.0885. The van der Waals surface area contributed by atoms with Gasteiger partial charge in [0.25, 0.3) is 5.91 Å². The number of aromatic nitrogens is 2. The van der Waals surface area contributed by atoms with Crippen molar-refractivity contribution in [2.75, 3.05) is 0 Å². The lowest BCUT2D eigenvalue weighted by Crippen LogP contribution is -2.23. The van der Waals surface area contributed by atoms with Crippen molar-refractivity contribution >= 4 is 21.8 Å². The van der Waals surface area contributed by atoms with Crippen LogP contribution < -0.4 is 5.32 Å². The van der Waals surface area contributed by atoms with Crippen molar-refractivity contribution in [1.82, 2.24) is 15.1 Å². The average Bonchev–Trinajstić information content (AvgIpc) is 2.76. The van der Waals surface area contributed by atoms with Crippen LogP contribution in [0, 0.1) is 6.92 Å². The number of amides is 1. The van der Waals surface area contributed by atoms with E-state index in [1.54, 1.807) is 16.9 Å². The van der Waals surface area contributed by atoms with Gasteiger partial charge in [-0.15, -0.1) is 0 Å². The highest BCUT2D eigenvalue weighted by molar-refractivity contribution is 9.10. The number of halogens is 1. The summed E-state index contributed by atoms with van der Waals surface area (Å²) < 4.78 is 2.55. The van der Waals surface area contributed by atoms with Crippen LogP contribution in [0.25, 0.3) is 0 Å². The first-order valence-electron chi connectivity index (χ1n) is 5.59. The maximum Gasteiger partial charge on any atom is 0.252 e. The number of hydrogen-bond donors (Lipinski definition) is 1. The predicted molar refractivity (Wildman–Crippen MR) is 73.3 cm³/mol. The molecule has 1 aromatic heterocycles. The van der Waals surface area contributed by atoms with Crippen LogP contribution in [0.5, 0.6) is 0 Å². The lowest BCUT2D eigenvalue weighted by atomic mass is 10.1. The van der Waals surface area contributed by atoms with Crippen molar-refractivity contribution in [3.63, 3.8) is 0 Å². The summed E-state index contributed by atoms with van der Waals surface area (Å²) in [6.07, 6.45) is 3.62. The van der Waals surface area contributed by atoms with Gasteiger partial charge in [0.05, 0.1) is 11.8 Å². The topological polar surface area (TPSA) is 46.9 Å². The van der Waals surface area contributed by atoms with E-state index >= 15 is 0 Å². The Morgan fingerprint density at radius 1 is 1.50 bits per heavy atom. The van der Waals surface area contributed by atoms with Gasteiger partial charge in [-0.3, -0.25) is 9.48 Å². The zero-order valence-corrected chi connectivity index (χ0v) is 11.9. The fraction of sp³-hybridized carbons (Fsp3) is 0.231. The number of carbonyl (C=O) groups is 1. The van der Waals surface area contributed by atoms with Crippen LogP contribution >= 0.6 is 15.9 Å². The van der Waals surface area contributed by atoms with Gasteiger partial charge in [0, 0.05) is 29.8 Å². The lowest BCUT2D eigenvalue weighted by Gasteiger charge is -2.07. The van der Waals surface area contributed by atoms with E-state index in [0.717, 1.165) is 15.6 Å². The molecule has 18 heavy (non-hydrogen) atoms. The monoisotopic (exact) mass is 307 g/mol. The Labute approximate surface area is 114 Å². The molecule has 0 bridgehead atoms. The molecule has 0 saturated carbocycles. The maximum absolute atomic E-state index is 12.0. The van der Waals surface area contributed by atoms with Gasteiger partial charge in [-0.05, 0) is 34.5 Å². The van der Waals surface area contributed by atoms with Gasteiger partial charge in [-0.2, -0.15) is 5.10 Å². The van der Waals surface area contributed by atoms with E-state index in [4.69, 9.17) is 0 Å². The second-order valence-electron chi connectivity index (χ2n) is 4.14. The van der Waals surface area contributed by atoms with E-state index in [0.29, 0.717) is 12.1 Å². The number of carbonyl (C=O) groups excluding carboxylic acids is 1. The zero-order valence-electron chi connectivity index (χ0n) is 10.3. The van der Waals surface area contributed by atoms with Crippen molar-refractivity contribution in [3.05, 3.63) is 51.8 Å². The number of benzene rings is 1. The molecule has 4 nitrogen and oxygen atoms in total. The first-order valence-corrected chi connectivity index (χ1v) is 6.38. The summed E-state index contributed by atoms with van der Waals surface area (Å²) in [4.78, 5) is 12.0. The molecule has 5 heteroatoms. The van der Waals surface area contributed by atoms with Crippen LogP contribution in [0.3, 0.4) is 0 Å². The Morgan fingerprint density at radius 2 is 2.28 bits per heavy atom. The van der Waals surface area contributed by atoms with Gasteiger partial charge in [-0.25, -0.2) is 0 Å². The Hall–Kier alpha value is -1.62. The quantitative estimate of drug-likeness (QED) is 0.946. The molecule has 0 aliphatic rings. The predicted octanol–water partition coefficient (Wildman–Crippen LogP) is 2.42. The van der Waals surface area contributed by atoms with Crippen LogP contribution in [-0.2, 0) is 13.6 Å². The Balaban J connectivity index is 2.06. The van der Waals surface area contributed by atoms with Gasteiger partial charge in [0.2, 0.25) is 0 Å². The summed E-state index contributed by atoms with van der Waals surface area (Å²) in [5.74, 6) is -0.0885. The molecule has 0 aliphatic carbocycles. The third kappa shape index (κ3) is 2.79. The highest BCUT2D eigenvalue weighted by Gasteiger charge is 2.10. The zero-order chi connectivity index (χ0) is 13.1. The highest BCUT2D eigenvalue weighted by Crippen LogP contribution is 2.20. The third-order valence-corrected chi connectivity index (χ3v) is 3.70. The fourth-order valence-corrected chi connectivity index (χ4v) is 2.11. The highest BCUT2D eigenvalue weighted by atomic mass is 79.9. The van der Waals surface area contributed by atoms with Gasteiger partial charge in [0.1, 0.15) is 0 Å². The Morgan fingerprint density at radius 3 is 2.94 bits per heavy atom. The van der Waals surface area contributed by atoms with Crippen LogP contribution in [0.4, 0.5) is 0 Å². The lowest BCUT2D eigenvalue weighted by molar-refractivity contribution is 0.0950. The summed E-state index contributed by atoms with van der Waals surface area (Å²) in [6, 6.07) is 5.64. The molecule has 1 N–H and O–H groups in total. The standard InChI is InChI=1S/C13H14BrN3O/c1-9-4-3-5-11(12(9)14)13(18)15-6-10-7-16-17(2)8-10/h3-5,7-8H,6H2,1-2H3,(H,15,18). The van der Waals surface area contributed by atoms with Crippen LogP contribution in [0.1, 0.15) is 21.5 Å². The number of nitrogens with one attached hydrogen (secondary N) is 1. The first-order chi connectivity index (χ1) is 8.58. The van der Waals surface area contributed by atoms with Gasteiger partial charge >= 0.3 is 0 Å². The summed E-state index contributed by atoms with van der Waals surface area (Å²) in [7, 11) is 1.85. The first kappa shape index (κ1) is 12.8. The molecule has 0 radical (unpaired) electrons. The molecule has 1 heterocycles. The summed E-state index contributed by atoms with van der Waals surface area (Å²) in [6.45, 7) is 2.44. The average molecular weight is 308 g/mol. The molecule has 1 amide bonds. The van der Waals surface area contributed by atoms with Crippen molar-refractivity contribution in [2.24, 2.45) is 7.05 Å². The van der Waals surface area contributed by atoms with Crippen molar-refractivity contribution < 1.29 is 4.79 Å². The van der Waals surface area contributed by atoms with E-state index in [1.165, 1.54) is 0 Å². The third-order valence-electron chi connectivity index (χ3n) is 2.65. The van der Waals surface area contributed by atoms with Crippen molar-refractivity contribution in [1.29, 1.82) is 0 Å². The van der Waals surface area contributed by atoms with Crippen LogP contribution in [0.2, 0.25) is 0 Å². The second kappa shape index (κ2) is 5.35. The molecule has 2 aromatic rings. The molecule has 0 aliphatic heterocycles. The molecule has 0 saturated heterocycles. The molecule has 2 rings (SSSR count). The molecule has 0 spiro atoms. The summed E-state index contributed by atoms with van der Waals surface area (Å²) in [5.41, 5.74) is 2.68. The van der Waals surface area contributed by atoms with E-state index in [9.17, 15) is 4.79 Å². The molecule has 0 atom stereocenters. The Kier molecular flexibility index (Phi) is 3.81. The molecular formula is C13H14BrN3O. The van der Waals surface area contributed by atoms with Gasteiger partial charge in [0.15, 0.2) is 0 Å². The van der Waals surface area contributed by atoms with Crippen LogP contribution in [-0.4, -0.2) is 15.7 Å². The summed E-state index contributed by atoms with van der Waals surface area (Å²) in [5, 5.41) is 6.93. The number of rotatable bonds is 3. The maximum atomic E-state index is 12.0. The van der Waals surface area contributed by atoms with E-state index < -0.39 is 0 Å². The van der Waals surface area contributed by atoms with E-state index in [1.807, 2.05) is 32.3 Å². The molecule has 0 unspecified atom stereocenters. The molecular weight excluding hydrogens is 294 g/mol. The van der Waals surface area contributed by atoms with Gasteiger partial charge < -0.3 is 5.32 Å². The summed E-state index contributed by atoms with van der Waals surface area (Å²) >= 11 is 3.43. The van der Waals surface area contributed by atoms with Crippen molar-refractivity contribution in [3.8, 4) is 0 Å². The van der Waals surface area contributed by atoms with Crippen molar-refractivity contribution in [2.45, 2.75) is 13.5 Å². The minimum Gasteiger partial charge on any atom is -0.348 e. The Bertz CT molecular complexity index is 577. The fourth-order valence-electron chi connectivity index (χ4n) is 1.66. The minimum atomic E-state index is -0.0885. The normalized spacial score (nSPS) is 10.4. The van der Waals surface area contributed by atoms with Crippen LogP contribution in [0.15, 0.2) is 35.1 Å². The number of aryl methyl sites for hydroxylation is 2. The molecule has 0 fully saturated rings. The smallest absolute Gasteiger partial charge is 0.252 e. The largest absolute Gasteiger partial charge is 0.348 e. The van der Waals surface area contributed by atoms with E-state index in [2.05, 4.69) is 26.3 Å². The SMILES string of the molecule is Cc1cccc(C(=O)NCc2cnn(C)c2)c1Br. The molecule has 1 aromatic carbocycles. The van der Waals surface area contributed by atoms with E-state index in [-0.39, 0.29) is 5.91 Å².